The zero-order valence-electron chi connectivity index (χ0n) is 32.8. The number of unbranched alkanes of at least 4 members (excludes halogenated alkanes) is 18. The van der Waals surface area contributed by atoms with E-state index < -0.39 is 20.3 Å². The summed E-state index contributed by atoms with van der Waals surface area (Å²) >= 11 is 0. The number of hydrogen-bond donors (Lipinski definition) is 0. The van der Waals surface area contributed by atoms with Crippen LogP contribution < -0.4 is 9.13 Å². The zero-order valence-corrected chi connectivity index (χ0v) is 37.0. The maximum atomic E-state index is 8.25. The van der Waals surface area contributed by atoms with Crippen molar-refractivity contribution in [1.82, 2.24) is 9.13 Å². The molecule has 2 aromatic heterocycles. The quantitative estimate of drug-likeness (QED) is 0.0486. The molecule has 0 spiro atoms. The molecule has 23 heteroatoms. The number of hydrogen-bond acceptors (Lipinski definition) is 12. The summed E-state index contributed by atoms with van der Waals surface area (Å²) in [7, 11) is 4.16. The molecular weight excluding hydrogens is 958 g/mol. The van der Waals surface area contributed by atoms with Gasteiger partial charge in [-0.1, -0.05) is 117 Å². The van der Waals surface area contributed by atoms with Crippen LogP contribution in [0.2, 0.25) is 0 Å². The average molecular weight is 1020 g/mol. The van der Waals surface area contributed by atoms with Crippen molar-refractivity contribution in [3.8, 4) is 0 Å². The van der Waals surface area contributed by atoms with Gasteiger partial charge in [-0.3, -0.25) is 0 Å². The molecule has 0 radical (unpaired) electrons. The van der Waals surface area contributed by atoms with Gasteiger partial charge < -0.3 is 72.2 Å². The summed E-state index contributed by atoms with van der Waals surface area (Å²) < 4.78 is 8.78. The van der Waals surface area contributed by atoms with E-state index in [1.807, 2.05) is 0 Å². The molecule has 0 amide bonds. The minimum Gasteiger partial charge on any atom is -2.00 e. The van der Waals surface area contributed by atoms with Crippen molar-refractivity contribution in [2.24, 2.45) is 14.1 Å². The fraction of sp³-hybridized carbons (Fsp3) is 0.812. The van der Waals surface area contributed by atoms with Gasteiger partial charge in [-0.25, -0.2) is 18.3 Å². The van der Waals surface area contributed by atoms with Gasteiger partial charge in [0, 0.05) is 31.1 Å². The molecular formula is C32H62N8O14U-6. The largest absolute Gasteiger partial charge is 2.00 e. The van der Waals surface area contributed by atoms with E-state index in [1.54, 1.807) is 0 Å². The van der Waals surface area contributed by atoms with E-state index >= 15 is 0 Å². The van der Waals surface area contributed by atoms with Crippen molar-refractivity contribution in [2.75, 3.05) is 0 Å². The molecule has 0 aliphatic carbocycles. The third kappa shape index (κ3) is 79.9. The molecule has 2 rings (SSSR count). The van der Waals surface area contributed by atoms with Crippen LogP contribution in [0.25, 0.3) is 0 Å². The van der Waals surface area contributed by atoms with Gasteiger partial charge in [0.2, 0.25) is 12.7 Å². The molecule has 0 unspecified atom stereocenters. The number of imidazole rings is 2. The molecule has 0 aliphatic heterocycles. The van der Waals surface area contributed by atoms with Crippen LogP contribution in [0.3, 0.4) is 0 Å². The standard InChI is InChI=1S/2C16H31N2.4NO3.2O.U/c2*1-3-4-5-6-7-8-9-10-11-12-13-18-15-14-17(2)16-18;4*2-1(3)4;;;/h2*14-16H,3-13H2,1-2H3;;;;;;;/q2*+1;4*-1;2*-2;. The molecule has 0 aliphatic rings. The summed E-state index contributed by atoms with van der Waals surface area (Å²) in [4.78, 5) is 33.0. The van der Waals surface area contributed by atoms with Gasteiger partial charge in [0.05, 0.1) is 47.5 Å². The predicted octanol–water partition coefficient (Wildman–Crippen LogP) is 7.27. The Morgan fingerprint density at radius 2 is 0.600 bits per heavy atom. The molecule has 22 nitrogen and oxygen atoms in total. The van der Waals surface area contributed by atoms with Crippen molar-refractivity contribution in [3.05, 3.63) is 98.7 Å². The van der Waals surface area contributed by atoms with Crippen LogP contribution in [-0.4, -0.2) is 29.5 Å². The minimum atomic E-state index is -1.75. The van der Waals surface area contributed by atoms with Crippen molar-refractivity contribution < 1.29 is 71.5 Å². The third-order valence-corrected chi connectivity index (χ3v) is 7.19. The maximum absolute atomic E-state index is 8.25. The first-order chi connectivity index (χ1) is 24.6. The number of rotatable bonds is 22. The Morgan fingerprint density at radius 1 is 0.418 bits per heavy atom. The Morgan fingerprint density at radius 3 is 0.764 bits per heavy atom. The normalized spacial score (nSPS) is 8.95. The van der Waals surface area contributed by atoms with E-state index in [9.17, 15) is 0 Å². The van der Waals surface area contributed by atoms with Crippen LogP contribution in [0.15, 0.2) is 37.4 Å². The van der Waals surface area contributed by atoms with Gasteiger partial charge >= 0.3 is 0 Å². The summed E-state index contributed by atoms with van der Waals surface area (Å²) in [5.41, 5.74) is 0. The molecule has 324 valence electrons. The van der Waals surface area contributed by atoms with E-state index in [0.29, 0.717) is 0 Å². The minimum absolute atomic E-state index is 0. The molecule has 0 fully saturated rings. The second-order valence-electron chi connectivity index (χ2n) is 11.9. The van der Waals surface area contributed by atoms with Crippen molar-refractivity contribution >= 4 is 0 Å². The SMILES string of the molecule is CCCCCCCCCCCCn1cc[n+](C)c1.CCCCCCCCCCCCn1cc[n+](C)c1.O=[N+]([O-])[O-].O=[N+]([O-])[O-].O=[N+]([O-])[O-].O=[N+]([O-])[O-].[O-2].[O-2].[U]. The topological polar surface area (TPSA) is 339 Å². The smallest absolute Gasteiger partial charge is 0.243 e. The number of aromatic nitrogens is 4. The zero-order chi connectivity index (χ0) is 40.4. The first-order valence-corrected chi connectivity index (χ1v) is 17.9. The number of aryl methyl sites for hydroxylation is 4. The average Bonchev–Trinajstić information content (AvgIpc) is 3.65. The fourth-order valence-electron chi connectivity index (χ4n) is 4.83. The van der Waals surface area contributed by atoms with Crippen LogP contribution in [-0.2, 0) is 38.1 Å². The van der Waals surface area contributed by atoms with Crippen LogP contribution in [0.4, 0.5) is 0 Å². The third-order valence-electron chi connectivity index (χ3n) is 7.19. The monoisotopic (exact) mass is 1020 g/mol. The van der Waals surface area contributed by atoms with Crippen molar-refractivity contribution in [1.29, 1.82) is 0 Å². The molecule has 0 saturated carbocycles. The Labute approximate surface area is 347 Å². The van der Waals surface area contributed by atoms with E-state index in [4.69, 9.17) is 61.3 Å². The van der Waals surface area contributed by atoms with Gasteiger partial charge in [-0.15, -0.1) is 0 Å². The van der Waals surface area contributed by atoms with E-state index in [1.165, 1.54) is 142 Å². The summed E-state index contributed by atoms with van der Waals surface area (Å²) in [6.45, 7) is 6.92. The Hall–Kier alpha value is -3.81. The molecule has 2 aromatic rings. The first kappa shape index (κ1) is 66.0. The molecule has 0 saturated heterocycles. The maximum Gasteiger partial charge on any atom is 0.243 e. The number of nitrogens with zero attached hydrogens (tertiary/aromatic N) is 8. The molecule has 0 N–H and O–H groups in total. The van der Waals surface area contributed by atoms with E-state index in [0.717, 1.165) is 0 Å². The van der Waals surface area contributed by atoms with E-state index in [-0.39, 0.29) is 42.1 Å². The Kier molecular flexibility index (Phi) is 62.8. The Balaban J connectivity index is -0.000000116. The van der Waals surface area contributed by atoms with Crippen LogP contribution >= 0.6 is 0 Å². The summed E-state index contributed by atoms with van der Waals surface area (Å²) in [5.74, 6) is 0. The van der Waals surface area contributed by atoms with Crippen LogP contribution in [0.5, 0.6) is 0 Å². The van der Waals surface area contributed by atoms with Gasteiger partial charge in [0.25, 0.3) is 0 Å². The molecule has 0 bridgehead atoms. The molecule has 2 heterocycles. The van der Waals surface area contributed by atoms with Crippen LogP contribution in [0, 0.1) is 92.4 Å². The molecule has 0 atom stereocenters. The van der Waals surface area contributed by atoms with Gasteiger partial charge in [-0.05, 0) is 25.7 Å². The predicted molar refractivity (Wildman–Crippen MR) is 198 cm³/mol. The second kappa shape index (κ2) is 52.3. The molecule has 0 aromatic carbocycles. The summed E-state index contributed by atoms with van der Waals surface area (Å²) in [6.07, 6.45) is 41.1. The fourth-order valence-corrected chi connectivity index (χ4v) is 4.83. The first-order valence-electron chi connectivity index (χ1n) is 17.9. The Bertz CT molecular complexity index is 990. The van der Waals surface area contributed by atoms with Crippen molar-refractivity contribution in [3.63, 3.8) is 0 Å². The van der Waals surface area contributed by atoms with Crippen LogP contribution in [0.1, 0.15) is 142 Å². The molecule has 55 heavy (non-hydrogen) atoms. The van der Waals surface area contributed by atoms with Crippen molar-refractivity contribution in [2.45, 2.75) is 155 Å². The summed E-state index contributed by atoms with van der Waals surface area (Å²) in [6, 6.07) is 0. The van der Waals surface area contributed by atoms with Gasteiger partial charge in [0.15, 0.2) is 0 Å². The van der Waals surface area contributed by atoms with E-state index in [2.05, 4.69) is 83.7 Å². The summed E-state index contributed by atoms with van der Waals surface area (Å²) in [5, 5.41) is 59.0. The van der Waals surface area contributed by atoms with Gasteiger partial charge in [0.1, 0.15) is 24.8 Å². The second-order valence-corrected chi connectivity index (χ2v) is 11.9. The van der Waals surface area contributed by atoms with Gasteiger partial charge in [-0.2, -0.15) is 0 Å².